The summed E-state index contributed by atoms with van der Waals surface area (Å²) in [6, 6.07) is 69.9. The van der Waals surface area contributed by atoms with Crippen molar-refractivity contribution in [3.8, 4) is 73.0 Å². The van der Waals surface area contributed by atoms with Crippen LogP contribution in [0.3, 0.4) is 0 Å². The highest BCUT2D eigenvalue weighted by Gasteiger charge is 2.21. The number of aromatic nitrogens is 4. The van der Waals surface area contributed by atoms with Gasteiger partial charge in [0.05, 0.1) is 33.5 Å². The van der Waals surface area contributed by atoms with E-state index in [4.69, 9.17) is 15.0 Å². The summed E-state index contributed by atoms with van der Waals surface area (Å²) in [4.78, 5) is 16.2. The average Bonchev–Trinajstić information content (AvgIpc) is 3.67. The summed E-state index contributed by atoms with van der Waals surface area (Å²) in [5.74, 6) is 0.920. The van der Waals surface area contributed by atoms with E-state index < -0.39 is 0 Å². The molecular formula is C52H36N4. The fourth-order valence-electron chi connectivity index (χ4n) is 7.84. The van der Waals surface area contributed by atoms with E-state index in [1.165, 1.54) is 0 Å². The van der Waals surface area contributed by atoms with Gasteiger partial charge in [0.15, 0.2) is 0 Å². The topological polar surface area (TPSA) is 43.6 Å². The molecule has 0 spiro atoms. The van der Waals surface area contributed by atoms with E-state index in [2.05, 4.69) is 193 Å². The maximum absolute atomic E-state index is 5.55. The van der Waals surface area contributed by atoms with Gasteiger partial charge in [-0.1, -0.05) is 170 Å². The second-order valence-corrected chi connectivity index (χ2v) is 14.1. The third-order valence-electron chi connectivity index (χ3n) is 10.5. The van der Waals surface area contributed by atoms with Crippen molar-refractivity contribution in [1.29, 1.82) is 0 Å². The molecule has 0 aliphatic heterocycles. The van der Waals surface area contributed by atoms with Gasteiger partial charge in [0.25, 0.3) is 0 Å². The summed E-state index contributed by atoms with van der Waals surface area (Å²) in [6.07, 6.45) is 0. The first-order chi connectivity index (χ1) is 27.7. The molecule has 10 rings (SSSR count). The van der Waals surface area contributed by atoms with Crippen LogP contribution in [0.1, 0.15) is 5.56 Å². The van der Waals surface area contributed by atoms with Crippen molar-refractivity contribution >= 4 is 22.1 Å². The molecule has 0 N–H and O–H groups in total. The molecule has 8 aromatic carbocycles. The number of hydrogen-bond donors (Lipinski definition) is 0. The molecule has 0 radical (unpaired) electrons. The first-order valence-corrected chi connectivity index (χ1v) is 19.0. The van der Waals surface area contributed by atoms with Gasteiger partial charge in [-0.2, -0.15) is 0 Å². The van der Waals surface area contributed by atoms with Gasteiger partial charge in [-0.15, -0.1) is 0 Å². The van der Waals surface area contributed by atoms with E-state index >= 15 is 0 Å². The summed E-state index contributed by atoms with van der Waals surface area (Å²) in [6.45, 7) is 2.18. The molecule has 0 aliphatic rings. The van der Waals surface area contributed by atoms with Crippen molar-refractivity contribution in [2.45, 2.75) is 6.92 Å². The highest BCUT2D eigenvalue weighted by Crippen LogP contribution is 2.41. The number of nitrogens with zero attached hydrogens (tertiary/aromatic N) is 4. The molecule has 0 saturated heterocycles. The molecule has 2 heterocycles. The normalized spacial score (nSPS) is 11.3. The summed E-state index contributed by atoms with van der Waals surface area (Å²) >= 11 is 0. The lowest BCUT2D eigenvalue weighted by atomic mass is 9.92. The lowest BCUT2D eigenvalue weighted by Crippen LogP contribution is -2.00. The predicted octanol–water partition coefficient (Wildman–Crippen LogP) is 13.3. The van der Waals surface area contributed by atoms with Gasteiger partial charge < -0.3 is 0 Å². The van der Waals surface area contributed by atoms with Crippen molar-refractivity contribution in [1.82, 2.24) is 19.5 Å². The van der Waals surface area contributed by atoms with Crippen LogP contribution in [0.2, 0.25) is 0 Å². The molecule has 4 heteroatoms. The van der Waals surface area contributed by atoms with Crippen LogP contribution >= 0.6 is 0 Å². The Labute approximate surface area is 326 Å². The Kier molecular flexibility index (Phi) is 8.34. The van der Waals surface area contributed by atoms with Crippen LogP contribution in [-0.4, -0.2) is 19.5 Å². The zero-order valence-corrected chi connectivity index (χ0v) is 30.8. The molecule has 56 heavy (non-hydrogen) atoms. The summed E-state index contributed by atoms with van der Waals surface area (Å²) in [5.41, 5.74) is 17.6. The monoisotopic (exact) mass is 716 g/mol. The van der Waals surface area contributed by atoms with Crippen LogP contribution in [0.15, 0.2) is 200 Å². The molecule has 0 atom stereocenters. The highest BCUT2D eigenvalue weighted by molar-refractivity contribution is 6.04. The second kappa shape index (κ2) is 14.1. The number of fused-ring (bicyclic) bond motifs is 2. The zero-order valence-electron chi connectivity index (χ0n) is 30.8. The standard InChI is InChI=1S/C52H36N4/c1-35-34-44(38-16-6-2-7-17-38)50-51(47(35)39-18-8-3-9-19-39)55-48(40-20-10-4-11-21-40)49(54-50)41-30-26-36(27-31-41)37-28-32-42(33-29-37)52-53-45-24-14-15-25-46(45)56(52)43-22-12-5-13-23-43/h2-34H,1H3. The Hall–Kier alpha value is -7.43. The smallest absolute Gasteiger partial charge is 0.145 e. The van der Waals surface area contributed by atoms with E-state index in [1.54, 1.807) is 0 Å². The third-order valence-corrected chi connectivity index (χ3v) is 10.5. The largest absolute Gasteiger partial charge is 0.292 e. The van der Waals surface area contributed by atoms with Crippen LogP contribution in [0.25, 0.3) is 95.0 Å². The summed E-state index contributed by atoms with van der Waals surface area (Å²) in [7, 11) is 0. The summed E-state index contributed by atoms with van der Waals surface area (Å²) < 4.78 is 2.24. The van der Waals surface area contributed by atoms with Crippen LogP contribution in [0.4, 0.5) is 0 Å². The van der Waals surface area contributed by atoms with Crippen molar-refractivity contribution in [2.24, 2.45) is 0 Å². The Morgan fingerprint density at radius 3 is 1.46 bits per heavy atom. The van der Waals surface area contributed by atoms with Gasteiger partial charge in [-0.05, 0) is 65.1 Å². The van der Waals surface area contributed by atoms with Gasteiger partial charge in [0.2, 0.25) is 0 Å². The molecule has 0 unspecified atom stereocenters. The summed E-state index contributed by atoms with van der Waals surface area (Å²) in [5, 5.41) is 0. The van der Waals surface area contributed by atoms with Gasteiger partial charge in [0, 0.05) is 33.5 Å². The molecule has 0 aliphatic carbocycles. The number of hydrogen-bond acceptors (Lipinski definition) is 3. The number of benzene rings is 8. The molecule has 0 fully saturated rings. The Balaban J connectivity index is 1.09. The SMILES string of the molecule is Cc1cc(-c2ccccc2)c2nc(-c3ccc(-c4ccc(-c5nc6ccccc6n5-c5ccccc5)cc4)cc3)c(-c3ccccc3)nc2c1-c1ccccc1. The molecule has 10 aromatic rings. The Bertz CT molecular complexity index is 2970. The number of aryl methyl sites for hydroxylation is 1. The first-order valence-electron chi connectivity index (χ1n) is 19.0. The molecule has 0 bridgehead atoms. The average molecular weight is 717 g/mol. The maximum Gasteiger partial charge on any atom is 0.145 e. The van der Waals surface area contributed by atoms with Crippen molar-refractivity contribution < 1.29 is 0 Å². The van der Waals surface area contributed by atoms with E-state index in [0.717, 1.165) is 101 Å². The number of imidazole rings is 1. The quantitative estimate of drug-likeness (QED) is 0.165. The molecule has 4 nitrogen and oxygen atoms in total. The fraction of sp³-hybridized carbons (Fsp3) is 0.0192. The lowest BCUT2D eigenvalue weighted by molar-refractivity contribution is 1.10. The second-order valence-electron chi connectivity index (χ2n) is 14.1. The minimum Gasteiger partial charge on any atom is -0.292 e. The molecular weight excluding hydrogens is 681 g/mol. The molecule has 0 amide bonds. The van der Waals surface area contributed by atoms with E-state index in [1.807, 2.05) is 18.2 Å². The number of para-hydroxylation sites is 3. The predicted molar refractivity (Wildman–Crippen MR) is 232 cm³/mol. The van der Waals surface area contributed by atoms with Crippen LogP contribution in [-0.2, 0) is 0 Å². The van der Waals surface area contributed by atoms with Gasteiger partial charge in [-0.3, -0.25) is 4.57 Å². The first kappa shape index (κ1) is 33.2. The van der Waals surface area contributed by atoms with Crippen LogP contribution in [0.5, 0.6) is 0 Å². The molecule has 0 saturated carbocycles. The van der Waals surface area contributed by atoms with Crippen molar-refractivity contribution in [2.75, 3.05) is 0 Å². The molecule has 2 aromatic heterocycles. The van der Waals surface area contributed by atoms with Gasteiger partial charge >= 0.3 is 0 Å². The van der Waals surface area contributed by atoms with Crippen molar-refractivity contribution in [3.63, 3.8) is 0 Å². The minimum atomic E-state index is 0.852. The van der Waals surface area contributed by atoms with Crippen LogP contribution < -0.4 is 0 Å². The highest BCUT2D eigenvalue weighted by atomic mass is 15.1. The molecule has 264 valence electrons. The minimum absolute atomic E-state index is 0.852. The van der Waals surface area contributed by atoms with Crippen LogP contribution in [0, 0.1) is 6.92 Å². The third kappa shape index (κ3) is 5.94. The Morgan fingerprint density at radius 2 is 0.839 bits per heavy atom. The van der Waals surface area contributed by atoms with Gasteiger partial charge in [-0.25, -0.2) is 15.0 Å². The fourth-order valence-corrected chi connectivity index (χ4v) is 7.84. The lowest BCUT2D eigenvalue weighted by Gasteiger charge is -2.18. The van der Waals surface area contributed by atoms with Crippen molar-refractivity contribution in [3.05, 3.63) is 206 Å². The maximum atomic E-state index is 5.55. The van der Waals surface area contributed by atoms with E-state index in [-0.39, 0.29) is 0 Å². The van der Waals surface area contributed by atoms with E-state index in [9.17, 15) is 0 Å². The zero-order chi connectivity index (χ0) is 37.4. The number of rotatable bonds is 7. The van der Waals surface area contributed by atoms with Gasteiger partial charge in [0.1, 0.15) is 5.82 Å². The Morgan fingerprint density at radius 1 is 0.375 bits per heavy atom. The van der Waals surface area contributed by atoms with E-state index in [0.29, 0.717) is 0 Å².